The van der Waals surface area contributed by atoms with Crippen molar-refractivity contribution < 1.29 is 35.3 Å². The topological polar surface area (TPSA) is 29.1 Å². The Labute approximate surface area is 108 Å². The van der Waals surface area contributed by atoms with Gasteiger partial charge in [0, 0.05) is 39.3 Å². The van der Waals surface area contributed by atoms with Crippen molar-refractivity contribution in [2.24, 2.45) is 5.92 Å². The zero-order valence-electron chi connectivity index (χ0n) is 9.10. The van der Waals surface area contributed by atoms with E-state index in [1.807, 2.05) is 13.0 Å². The Kier molecular flexibility index (Phi) is 6.45. The first-order chi connectivity index (χ1) is 7.04. The molecular formula is C11H12F2NOTi-. The van der Waals surface area contributed by atoms with Crippen LogP contribution < -0.4 is 5.32 Å². The van der Waals surface area contributed by atoms with E-state index in [9.17, 15) is 13.6 Å². The van der Waals surface area contributed by atoms with E-state index in [0.717, 1.165) is 6.07 Å². The molecule has 1 atom stereocenters. The number of carbonyl (C=O) groups excluding carboxylic acids is 1. The number of halogens is 2. The van der Waals surface area contributed by atoms with Gasteiger partial charge in [-0.2, -0.15) is 0 Å². The third-order valence-electron chi connectivity index (χ3n) is 2.18. The number of amides is 1. The summed E-state index contributed by atoms with van der Waals surface area (Å²) in [5, 5.41) is 2.38. The van der Waals surface area contributed by atoms with E-state index in [1.54, 1.807) is 6.92 Å². The number of carbonyl (C=O) groups is 1. The predicted molar refractivity (Wildman–Crippen MR) is 53.3 cm³/mol. The van der Waals surface area contributed by atoms with Gasteiger partial charge < -0.3 is 5.32 Å². The second-order valence-corrected chi connectivity index (χ2v) is 3.33. The van der Waals surface area contributed by atoms with Gasteiger partial charge in [0.15, 0.2) is 0 Å². The van der Waals surface area contributed by atoms with Gasteiger partial charge in [-0.25, -0.2) is 8.78 Å². The maximum absolute atomic E-state index is 13.1. The van der Waals surface area contributed by atoms with Crippen LogP contribution in [0.25, 0.3) is 0 Å². The summed E-state index contributed by atoms with van der Waals surface area (Å²) in [4.78, 5) is 11.4. The Morgan fingerprint density at radius 2 is 2.12 bits per heavy atom. The van der Waals surface area contributed by atoms with Gasteiger partial charge in [-0.15, -0.1) is 18.2 Å². The third kappa shape index (κ3) is 4.02. The Balaban J connectivity index is 0.00000225. The molecule has 1 amide bonds. The van der Waals surface area contributed by atoms with Crippen molar-refractivity contribution in [1.29, 1.82) is 0 Å². The van der Waals surface area contributed by atoms with Crippen molar-refractivity contribution in [1.82, 2.24) is 0 Å². The van der Waals surface area contributed by atoms with Gasteiger partial charge in [0.1, 0.15) is 0 Å². The second-order valence-electron chi connectivity index (χ2n) is 3.33. The van der Waals surface area contributed by atoms with Crippen LogP contribution in [0.3, 0.4) is 0 Å². The van der Waals surface area contributed by atoms with Gasteiger partial charge in [-0.1, -0.05) is 13.8 Å². The predicted octanol–water partition coefficient (Wildman–Crippen LogP) is 2.75. The monoisotopic (exact) mass is 260 g/mol. The molecule has 0 aliphatic heterocycles. The van der Waals surface area contributed by atoms with E-state index in [0.29, 0.717) is 6.42 Å². The van der Waals surface area contributed by atoms with Crippen LogP contribution in [0.4, 0.5) is 14.5 Å². The van der Waals surface area contributed by atoms with Crippen molar-refractivity contribution in [3.63, 3.8) is 0 Å². The van der Waals surface area contributed by atoms with E-state index < -0.39 is 11.6 Å². The number of benzene rings is 1. The molecule has 86 valence electrons. The molecule has 0 radical (unpaired) electrons. The first kappa shape index (κ1) is 15.3. The van der Waals surface area contributed by atoms with E-state index in [1.165, 1.54) is 6.07 Å². The van der Waals surface area contributed by atoms with Crippen LogP contribution >= 0.6 is 0 Å². The van der Waals surface area contributed by atoms with Crippen LogP contribution in [-0.4, -0.2) is 5.91 Å². The largest absolute Gasteiger partial charge is 0.376 e. The second kappa shape index (κ2) is 6.76. The molecule has 16 heavy (non-hydrogen) atoms. The number of hydrogen-bond donors (Lipinski definition) is 1. The average Bonchev–Trinajstić information content (AvgIpc) is 2.20. The van der Waals surface area contributed by atoms with E-state index >= 15 is 0 Å². The summed E-state index contributed by atoms with van der Waals surface area (Å²) in [6.07, 6.45) is 0.665. The maximum Gasteiger partial charge on any atom is 0.216 e. The molecule has 0 spiro atoms. The fraction of sp³-hybridized carbons (Fsp3) is 0.364. The molecule has 1 aromatic rings. The summed E-state index contributed by atoms with van der Waals surface area (Å²) in [5.74, 6) is -2.15. The fourth-order valence-corrected chi connectivity index (χ4v) is 0.981. The third-order valence-corrected chi connectivity index (χ3v) is 2.18. The summed E-state index contributed by atoms with van der Waals surface area (Å²) in [6, 6.07) is 4.09. The van der Waals surface area contributed by atoms with Crippen molar-refractivity contribution in [3.05, 3.63) is 29.8 Å². The molecule has 1 rings (SSSR count). The van der Waals surface area contributed by atoms with Crippen LogP contribution in [0.5, 0.6) is 0 Å². The van der Waals surface area contributed by atoms with Gasteiger partial charge in [-0.05, 0) is 12.1 Å². The van der Waals surface area contributed by atoms with Gasteiger partial charge in [0.05, 0.1) is 0 Å². The van der Waals surface area contributed by atoms with Gasteiger partial charge in [0.2, 0.25) is 5.91 Å². The molecule has 0 aliphatic rings. The van der Waals surface area contributed by atoms with Crippen molar-refractivity contribution in [2.75, 3.05) is 5.32 Å². The van der Waals surface area contributed by atoms with Gasteiger partial charge >= 0.3 is 0 Å². The van der Waals surface area contributed by atoms with Crippen LogP contribution in [0.1, 0.15) is 20.3 Å². The molecular weight excluding hydrogens is 248 g/mol. The van der Waals surface area contributed by atoms with Gasteiger partial charge in [-0.3, -0.25) is 4.79 Å². The molecule has 1 unspecified atom stereocenters. The van der Waals surface area contributed by atoms with Crippen molar-refractivity contribution in [3.8, 4) is 0 Å². The Morgan fingerprint density at radius 1 is 1.50 bits per heavy atom. The molecule has 0 aliphatic carbocycles. The van der Waals surface area contributed by atoms with Crippen LogP contribution in [0, 0.1) is 23.6 Å². The Bertz CT molecular complexity index is 371. The zero-order chi connectivity index (χ0) is 11.4. The van der Waals surface area contributed by atoms with E-state index in [2.05, 4.69) is 5.32 Å². The molecule has 0 saturated carbocycles. The molecule has 0 heterocycles. The molecule has 0 aromatic heterocycles. The minimum atomic E-state index is -0.883. The summed E-state index contributed by atoms with van der Waals surface area (Å²) in [7, 11) is 0. The fourth-order valence-electron chi connectivity index (χ4n) is 0.981. The van der Waals surface area contributed by atoms with Crippen LogP contribution in [0.15, 0.2) is 12.1 Å². The first-order valence-corrected chi connectivity index (χ1v) is 4.72. The number of anilines is 1. The first-order valence-electron chi connectivity index (χ1n) is 4.72. The zero-order valence-corrected chi connectivity index (χ0v) is 10.7. The van der Waals surface area contributed by atoms with E-state index in [4.69, 9.17) is 0 Å². The summed E-state index contributed by atoms with van der Waals surface area (Å²) in [5.41, 5.74) is -0.0401. The smallest absolute Gasteiger partial charge is 0.216 e. The van der Waals surface area contributed by atoms with Crippen LogP contribution in [-0.2, 0) is 26.5 Å². The Hall–Kier alpha value is -0.736. The standard InChI is InChI=1S/C11H12F2NO.Ti/c1-3-7(2)11(15)14-10-5-4-8(12)6-9(10)13;/h4-5,7H,3H2,1-2H3,(H,14,15);/q-1;. The minimum absolute atomic E-state index is 0. The van der Waals surface area contributed by atoms with Gasteiger partial charge in [0.25, 0.3) is 0 Å². The van der Waals surface area contributed by atoms with Crippen LogP contribution in [0.2, 0.25) is 0 Å². The summed E-state index contributed by atoms with van der Waals surface area (Å²) >= 11 is 0. The molecule has 1 N–H and O–H groups in total. The summed E-state index contributed by atoms with van der Waals surface area (Å²) < 4.78 is 25.6. The molecule has 0 fully saturated rings. The molecule has 0 bridgehead atoms. The molecule has 2 nitrogen and oxygen atoms in total. The number of hydrogen-bond acceptors (Lipinski definition) is 1. The quantitative estimate of drug-likeness (QED) is 0.657. The maximum atomic E-state index is 13.1. The van der Waals surface area contributed by atoms with Crippen molar-refractivity contribution in [2.45, 2.75) is 20.3 Å². The normalized spacial score (nSPS) is 11.5. The molecule has 1 aromatic carbocycles. The average molecular weight is 260 g/mol. The molecule has 5 heteroatoms. The molecule has 0 saturated heterocycles. The van der Waals surface area contributed by atoms with Crippen molar-refractivity contribution >= 4 is 11.6 Å². The number of nitrogens with one attached hydrogen (secondary N) is 1. The Morgan fingerprint density at radius 3 is 2.62 bits per heavy atom. The number of rotatable bonds is 3. The van der Waals surface area contributed by atoms with E-state index in [-0.39, 0.29) is 39.2 Å². The minimum Gasteiger partial charge on any atom is -0.376 e. The summed E-state index contributed by atoms with van der Waals surface area (Å²) in [6.45, 7) is 3.60. The SMILES string of the molecule is CCC(C)C(=O)Nc1ccc(F)[c-]c1F.[Ti].